The van der Waals surface area contributed by atoms with Crippen LogP contribution in [-0.2, 0) is 9.53 Å². The molecule has 0 aromatic carbocycles. The summed E-state index contributed by atoms with van der Waals surface area (Å²) in [4.78, 5) is 70.1. The Morgan fingerprint density at radius 1 is 0.705 bits per heavy atom. The van der Waals surface area contributed by atoms with E-state index in [1.165, 1.54) is 80.3 Å². The molecule has 0 saturated carbocycles. The van der Waals surface area contributed by atoms with E-state index < -0.39 is 71.3 Å². The van der Waals surface area contributed by atoms with Gasteiger partial charge in [0.05, 0.1) is 29.2 Å². The van der Waals surface area contributed by atoms with Crippen molar-refractivity contribution in [3.05, 3.63) is 100 Å². The minimum Gasteiger partial charge on any atom is -0.495 e. The topological polar surface area (TPSA) is 353 Å². The van der Waals surface area contributed by atoms with Gasteiger partial charge in [-0.1, -0.05) is 12.2 Å². The third-order valence-electron chi connectivity index (χ3n) is 11.2. The summed E-state index contributed by atoms with van der Waals surface area (Å²) in [5.74, 6) is -3.55. The SMILES string of the molecule is C/C=C(/N=C(O)c1csc(-c2csc(-c3ccc4c(n3)-c3csc(n3)[C@H]([C@H](C)OC)N=C(O)c3csc(n3)[C@H](C(C)(C)O)N=C(O)c3csc(n3)/C(=C\C)N=C(O)[C@@H]([C@@H](C)O)N=C(O)c3csc-4n3)n2)n1)C(O)=NCC(C)=O. The van der Waals surface area contributed by atoms with Gasteiger partial charge in [-0.15, -0.1) is 68.0 Å². The van der Waals surface area contributed by atoms with Gasteiger partial charge in [0, 0.05) is 45.0 Å². The zero-order valence-electron chi connectivity index (χ0n) is 42.5. The third kappa shape index (κ3) is 12.9. The standard InChI is InChI=1S/C49H49N13O10S6/c1-9-24(37(65)50-13-20(3)63)52-38(66)28-16-75-46(57-28)32-19-76-45(59-32)26-12-11-23-35(51-26)27-14-77-47(54-27)34(22(5)72-8)61-40(68)30-18-78-48(58-30)36(49(6,7)71)62-41(69)31-17-74-44(56-31)25(10-2)53-42(70)33(21(4)64)60-39(67)29-15-73-43(23)55-29/h9-12,14-19,21-22,33-34,36,64,71H,13H2,1-8H3,(H,50,65)(H,52,66)(H,53,70)(H,60,67)(H,61,68)(H,62,69)/b24-9+,25-10+/t21-,22+,33-,34+,36-/m1/s1. The van der Waals surface area contributed by atoms with Crippen LogP contribution >= 0.6 is 68.0 Å². The predicted octanol–water partition coefficient (Wildman–Crippen LogP) is 9.53. The molecule has 8 bridgehead atoms. The van der Waals surface area contributed by atoms with Crippen molar-refractivity contribution in [2.75, 3.05) is 13.7 Å². The number of hydrogen-bond donors (Lipinski definition) is 8. The number of hydrogen-bond acceptors (Lipinski definition) is 23. The van der Waals surface area contributed by atoms with E-state index in [9.17, 15) is 45.6 Å². The normalized spacial score (nSPS) is 18.7. The van der Waals surface area contributed by atoms with Crippen LogP contribution < -0.4 is 0 Å². The van der Waals surface area contributed by atoms with E-state index in [0.717, 1.165) is 34.0 Å². The first-order valence-corrected chi connectivity index (χ1v) is 28.6. The molecule has 7 aromatic rings. The summed E-state index contributed by atoms with van der Waals surface area (Å²) in [7, 11) is 1.50. The summed E-state index contributed by atoms with van der Waals surface area (Å²) >= 11 is 6.99. The Bertz CT molecular complexity index is 3610. The molecule has 0 saturated heterocycles. The second kappa shape index (κ2) is 24.2. The fourth-order valence-electron chi connectivity index (χ4n) is 7.05. The van der Waals surface area contributed by atoms with Crippen molar-refractivity contribution in [3.8, 4) is 43.4 Å². The summed E-state index contributed by atoms with van der Waals surface area (Å²) in [5, 5.41) is 101. The van der Waals surface area contributed by atoms with Crippen molar-refractivity contribution >= 4 is 115 Å². The number of pyridine rings is 1. The number of carbonyl (C=O) groups excluding carboxylic acids is 1. The first-order valence-electron chi connectivity index (χ1n) is 23.3. The van der Waals surface area contributed by atoms with Gasteiger partial charge in [-0.25, -0.2) is 64.8 Å². The molecule has 1 aliphatic rings. The summed E-state index contributed by atoms with van der Waals surface area (Å²) < 4.78 is 5.75. The molecule has 406 valence electrons. The van der Waals surface area contributed by atoms with Gasteiger partial charge in [-0.2, -0.15) is 0 Å². The number of thiazole rings is 6. The van der Waals surface area contributed by atoms with Crippen molar-refractivity contribution < 1.29 is 50.4 Å². The van der Waals surface area contributed by atoms with E-state index in [-0.39, 0.29) is 56.5 Å². The Morgan fingerprint density at radius 2 is 1.27 bits per heavy atom. The number of nitrogens with zero attached hydrogens (tertiary/aromatic N) is 13. The Labute approximate surface area is 468 Å². The van der Waals surface area contributed by atoms with Crippen LogP contribution in [0, 0.1) is 0 Å². The number of aliphatic hydroxyl groups is 8. The molecule has 7 aromatic heterocycles. The number of carbonyl (C=O) groups is 1. The molecule has 5 atom stereocenters. The van der Waals surface area contributed by atoms with Crippen LogP contribution in [0.3, 0.4) is 0 Å². The molecule has 1 aliphatic heterocycles. The number of methoxy groups -OCH3 is 1. The lowest BCUT2D eigenvalue weighted by molar-refractivity contribution is -0.115. The maximum atomic E-state index is 11.6. The number of allylic oxidation sites excluding steroid dienone is 2. The van der Waals surface area contributed by atoms with E-state index in [4.69, 9.17) is 24.7 Å². The molecule has 0 unspecified atom stereocenters. The van der Waals surface area contributed by atoms with Crippen LogP contribution in [-0.4, -0.2) is 154 Å². The van der Waals surface area contributed by atoms with Gasteiger partial charge in [0.15, 0.2) is 11.8 Å². The summed E-state index contributed by atoms with van der Waals surface area (Å²) in [5.41, 5.74) is 0.825. The van der Waals surface area contributed by atoms with Gasteiger partial charge in [0.25, 0.3) is 0 Å². The van der Waals surface area contributed by atoms with Gasteiger partial charge < -0.3 is 45.6 Å². The molecule has 8 heterocycles. The van der Waals surface area contributed by atoms with Crippen molar-refractivity contribution in [2.45, 2.75) is 84.4 Å². The molecule has 8 N–H and O–H groups in total. The van der Waals surface area contributed by atoms with Crippen LogP contribution in [0.25, 0.3) is 49.1 Å². The molecule has 0 amide bonds. The second-order valence-electron chi connectivity index (χ2n) is 17.5. The van der Waals surface area contributed by atoms with Crippen LogP contribution in [0.15, 0.2) is 92.2 Å². The highest BCUT2D eigenvalue weighted by atomic mass is 32.1. The Balaban J connectivity index is 1.23. The number of rotatable bonds is 11. The highest BCUT2D eigenvalue weighted by Gasteiger charge is 2.34. The lowest BCUT2D eigenvalue weighted by Crippen LogP contribution is -2.31. The van der Waals surface area contributed by atoms with Crippen LogP contribution in [0.5, 0.6) is 0 Å². The Kier molecular flexibility index (Phi) is 17.7. The average molecular weight is 1170 g/mol. The van der Waals surface area contributed by atoms with Crippen LogP contribution in [0.4, 0.5) is 0 Å². The molecular formula is C49H49N13O10S6. The van der Waals surface area contributed by atoms with E-state index in [1.54, 1.807) is 65.9 Å². The fourth-order valence-corrected chi connectivity index (χ4v) is 12.2. The number of fused-ring (bicyclic) bond motifs is 11. The van der Waals surface area contributed by atoms with Crippen molar-refractivity contribution in [1.29, 1.82) is 0 Å². The van der Waals surface area contributed by atoms with Gasteiger partial charge in [0.2, 0.25) is 35.4 Å². The molecule has 0 spiro atoms. The van der Waals surface area contributed by atoms with E-state index in [2.05, 4.69) is 44.9 Å². The minimum atomic E-state index is -1.58. The summed E-state index contributed by atoms with van der Waals surface area (Å²) in [6.45, 7) is 10.4. The second-order valence-corrected chi connectivity index (χ2v) is 22.7. The number of ketones is 1. The quantitative estimate of drug-likeness (QED) is 0.0441. The van der Waals surface area contributed by atoms with Gasteiger partial charge in [-0.05, 0) is 60.6 Å². The third-order valence-corrected chi connectivity index (χ3v) is 16.4. The number of ether oxygens (including phenoxy) is 1. The molecule has 0 radical (unpaired) electrons. The zero-order valence-corrected chi connectivity index (χ0v) is 47.4. The van der Waals surface area contributed by atoms with Gasteiger partial charge in [-0.3, -0.25) is 4.79 Å². The van der Waals surface area contributed by atoms with E-state index in [0.29, 0.717) is 48.4 Å². The number of aromatic nitrogens is 7. The van der Waals surface area contributed by atoms with Crippen molar-refractivity contribution in [2.24, 2.45) is 30.0 Å². The Hall–Kier alpha value is -7.22. The number of aliphatic hydroxyl groups excluding tert-OH is 7. The maximum Gasteiger partial charge on any atom is 0.239 e. The van der Waals surface area contributed by atoms with Crippen molar-refractivity contribution in [3.63, 3.8) is 0 Å². The van der Waals surface area contributed by atoms with Crippen molar-refractivity contribution in [1.82, 2.24) is 34.9 Å². The Morgan fingerprint density at radius 3 is 1.94 bits per heavy atom. The van der Waals surface area contributed by atoms with Gasteiger partial charge >= 0.3 is 0 Å². The predicted molar refractivity (Wildman–Crippen MR) is 306 cm³/mol. The molecular weight excluding hydrogens is 1120 g/mol. The molecule has 23 nitrogen and oxygen atoms in total. The first-order chi connectivity index (χ1) is 37.1. The van der Waals surface area contributed by atoms with Crippen LogP contribution in [0.2, 0.25) is 0 Å². The first kappa shape index (κ1) is 57.0. The number of aliphatic imine (C=N–C) groups is 6. The maximum absolute atomic E-state index is 11.6. The molecule has 0 aliphatic carbocycles. The lowest BCUT2D eigenvalue weighted by atomic mass is 10.00. The molecule has 0 fully saturated rings. The number of Topliss-reactive ketones (excluding diaryl/α,β-unsaturated/α-hetero) is 1. The smallest absolute Gasteiger partial charge is 0.239 e. The monoisotopic (exact) mass is 1170 g/mol. The average Bonchev–Trinajstić information content (AvgIpc) is 4.28. The fraction of sp³-hybridized carbons (Fsp3) is 0.306. The molecule has 29 heteroatoms. The highest BCUT2D eigenvalue weighted by molar-refractivity contribution is 7.15. The highest BCUT2D eigenvalue weighted by Crippen LogP contribution is 2.40. The lowest BCUT2D eigenvalue weighted by Gasteiger charge is -2.24. The zero-order chi connectivity index (χ0) is 56.2. The minimum absolute atomic E-state index is 0.00569. The van der Waals surface area contributed by atoms with Crippen LogP contribution in [0.1, 0.15) is 98.3 Å². The molecule has 8 rings (SSSR count). The largest absolute Gasteiger partial charge is 0.495 e. The summed E-state index contributed by atoms with van der Waals surface area (Å²) in [6, 6.07) is 0.0157. The van der Waals surface area contributed by atoms with E-state index in [1.807, 2.05) is 0 Å². The summed E-state index contributed by atoms with van der Waals surface area (Å²) in [6.07, 6.45) is 0.981. The molecule has 78 heavy (non-hydrogen) atoms. The van der Waals surface area contributed by atoms with E-state index >= 15 is 0 Å². The van der Waals surface area contributed by atoms with Gasteiger partial charge in [0.1, 0.15) is 94.2 Å².